The standard InChI is InChI=1S/2C12H11N.5C11H10N2/c1-10-7-12(9-13-8-10)11-5-3-2-4-6-11;1-10-7-8-13-12(9-10)11-5-3-2-4-6-11;1-9-2-7-13-11(8-9)10-3-5-12-6-4-10;1-9-4-6-13-11(7-9)10-3-2-5-12-8-10;1-9-3-2-4-11(13-9)10-5-7-12-8-6-10;1-9-5-7-13-11(8-9)10-4-2-3-6-12-10;1-9-6-10(8-12-7-9)11-4-2-3-5-13-11/h2*2-9H,1H3;5*2-8H,1H3. The Morgan fingerprint density at radius 1 is 0.187 bits per heavy atom. The highest BCUT2D eigenvalue weighted by Gasteiger charge is 2.03. The zero-order chi connectivity index (χ0) is 63.7. The van der Waals surface area contributed by atoms with Gasteiger partial charge in [0.1, 0.15) is 0 Å². The van der Waals surface area contributed by atoms with Crippen LogP contribution in [0.4, 0.5) is 0 Å². The maximum Gasteiger partial charge on any atom is 0.0888 e. The lowest BCUT2D eigenvalue weighted by Gasteiger charge is -2.00. The molecule has 14 aromatic rings. The highest BCUT2D eigenvalue weighted by atomic mass is 14.8. The van der Waals surface area contributed by atoms with Crippen molar-refractivity contribution in [2.24, 2.45) is 0 Å². The molecule has 0 unspecified atom stereocenters. The second-order valence-corrected chi connectivity index (χ2v) is 20.9. The van der Waals surface area contributed by atoms with E-state index >= 15 is 0 Å². The van der Waals surface area contributed by atoms with E-state index < -0.39 is 0 Å². The van der Waals surface area contributed by atoms with Crippen LogP contribution in [0.25, 0.3) is 78.8 Å². The lowest BCUT2D eigenvalue weighted by Crippen LogP contribution is -1.86. The minimum Gasteiger partial charge on any atom is -0.265 e. The lowest BCUT2D eigenvalue weighted by molar-refractivity contribution is 1.20. The monoisotopic (exact) mass is 1190 g/mol. The van der Waals surface area contributed by atoms with Crippen molar-refractivity contribution in [1.82, 2.24) is 59.8 Å². The van der Waals surface area contributed by atoms with Crippen LogP contribution in [0.1, 0.15) is 39.1 Å². The van der Waals surface area contributed by atoms with Gasteiger partial charge in [0.25, 0.3) is 0 Å². The van der Waals surface area contributed by atoms with Crippen molar-refractivity contribution < 1.29 is 0 Å². The minimum atomic E-state index is 0.922. The molecule has 14 rings (SSSR count). The molecule has 2 aromatic carbocycles. The zero-order valence-electron chi connectivity index (χ0n) is 52.3. The van der Waals surface area contributed by atoms with Gasteiger partial charge >= 0.3 is 0 Å². The number of pyridine rings is 12. The van der Waals surface area contributed by atoms with Gasteiger partial charge in [0.05, 0.1) is 39.9 Å². The third-order valence-corrected chi connectivity index (χ3v) is 13.3. The third kappa shape index (κ3) is 22.5. The first kappa shape index (κ1) is 65.2. The van der Waals surface area contributed by atoms with Crippen LogP contribution in [0.15, 0.2) is 311 Å². The van der Waals surface area contributed by atoms with Crippen LogP contribution in [0.3, 0.4) is 0 Å². The van der Waals surface area contributed by atoms with E-state index in [2.05, 4.69) is 142 Å². The first-order valence-corrected chi connectivity index (χ1v) is 29.7. The second-order valence-electron chi connectivity index (χ2n) is 20.9. The van der Waals surface area contributed by atoms with Gasteiger partial charge in [-0.1, -0.05) is 78.9 Å². The normalized spacial score (nSPS) is 9.92. The molecule has 0 saturated heterocycles. The molecule has 0 aliphatic rings. The van der Waals surface area contributed by atoms with Crippen molar-refractivity contribution >= 4 is 0 Å². The molecule has 448 valence electrons. The van der Waals surface area contributed by atoms with Crippen LogP contribution in [-0.4, -0.2) is 59.8 Å². The highest BCUT2D eigenvalue weighted by molar-refractivity contribution is 5.64. The predicted molar refractivity (Wildman–Crippen MR) is 370 cm³/mol. The van der Waals surface area contributed by atoms with Gasteiger partial charge in [0.15, 0.2) is 0 Å². The smallest absolute Gasteiger partial charge is 0.0888 e. The van der Waals surface area contributed by atoms with Gasteiger partial charge in [0, 0.05) is 138 Å². The fourth-order valence-corrected chi connectivity index (χ4v) is 8.72. The van der Waals surface area contributed by atoms with E-state index in [9.17, 15) is 0 Å². The number of aromatic nitrogens is 12. The Balaban J connectivity index is 0.000000137. The number of hydrogen-bond donors (Lipinski definition) is 0. The maximum atomic E-state index is 4.42. The van der Waals surface area contributed by atoms with Crippen molar-refractivity contribution in [1.29, 1.82) is 0 Å². The summed E-state index contributed by atoms with van der Waals surface area (Å²) < 4.78 is 0. The average Bonchev–Trinajstić information content (AvgIpc) is 3.57. The van der Waals surface area contributed by atoms with Gasteiger partial charge in [-0.3, -0.25) is 59.8 Å². The molecule has 0 aliphatic carbocycles. The van der Waals surface area contributed by atoms with Gasteiger partial charge in [-0.15, -0.1) is 0 Å². The van der Waals surface area contributed by atoms with E-state index in [1.807, 2.05) is 228 Å². The van der Waals surface area contributed by atoms with Crippen LogP contribution >= 0.6 is 0 Å². The molecule has 12 heterocycles. The molecule has 0 atom stereocenters. The number of hydrogen-bond acceptors (Lipinski definition) is 12. The van der Waals surface area contributed by atoms with Crippen LogP contribution < -0.4 is 0 Å². The van der Waals surface area contributed by atoms with Gasteiger partial charge in [-0.05, 0) is 221 Å². The van der Waals surface area contributed by atoms with Crippen LogP contribution in [0.5, 0.6) is 0 Å². The summed E-state index contributed by atoms with van der Waals surface area (Å²) in [6.45, 7) is 14.3. The Bertz CT molecular complexity index is 3560. The molecule has 0 amide bonds. The summed E-state index contributed by atoms with van der Waals surface area (Å²) in [5.74, 6) is 0. The number of nitrogens with zero attached hydrogens (tertiary/aromatic N) is 12. The highest BCUT2D eigenvalue weighted by Crippen LogP contribution is 2.22. The molecule has 12 heteroatoms. The number of aryl methyl sites for hydroxylation is 7. The van der Waals surface area contributed by atoms with Crippen LogP contribution in [0.2, 0.25) is 0 Å². The molecule has 91 heavy (non-hydrogen) atoms. The summed E-state index contributed by atoms with van der Waals surface area (Å²) in [6.07, 6.45) is 29.0. The summed E-state index contributed by atoms with van der Waals surface area (Å²) in [7, 11) is 0. The van der Waals surface area contributed by atoms with E-state index in [-0.39, 0.29) is 0 Å². The molecular formula is C79H72N12. The van der Waals surface area contributed by atoms with E-state index in [4.69, 9.17) is 0 Å². The minimum absolute atomic E-state index is 0.922. The topological polar surface area (TPSA) is 155 Å². The van der Waals surface area contributed by atoms with Crippen LogP contribution in [0, 0.1) is 48.5 Å². The van der Waals surface area contributed by atoms with E-state index in [1.165, 1.54) is 44.5 Å². The Morgan fingerprint density at radius 2 is 0.582 bits per heavy atom. The fourth-order valence-electron chi connectivity index (χ4n) is 8.72. The summed E-state index contributed by atoms with van der Waals surface area (Å²) in [6, 6.07) is 70.4. The van der Waals surface area contributed by atoms with Crippen molar-refractivity contribution in [2.45, 2.75) is 48.5 Å². The van der Waals surface area contributed by atoms with Crippen molar-refractivity contribution in [3.63, 3.8) is 0 Å². The van der Waals surface area contributed by atoms with Crippen LogP contribution in [-0.2, 0) is 0 Å². The van der Waals surface area contributed by atoms with Crippen molar-refractivity contribution in [3.8, 4) is 78.8 Å². The van der Waals surface area contributed by atoms with Gasteiger partial charge in [-0.2, -0.15) is 0 Å². The second kappa shape index (κ2) is 35.8. The van der Waals surface area contributed by atoms with Gasteiger partial charge < -0.3 is 0 Å². The molecular weight excluding hydrogens is 1120 g/mol. The third-order valence-electron chi connectivity index (χ3n) is 13.3. The zero-order valence-corrected chi connectivity index (χ0v) is 52.3. The SMILES string of the molecule is Cc1cccc(-c2ccncc2)n1.Cc1ccnc(-c2ccccc2)c1.Cc1ccnc(-c2ccccn2)c1.Cc1ccnc(-c2cccnc2)c1.Cc1ccnc(-c2ccncc2)c1.Cc1cncc(-c2ccccc2)c1.Cc1cncc(-c2ccccn2)c1. The molecule has 0 saturated carbocycles. The summed E-state index contributed by atoms with van der Waals surface area (Å²) in [5.41, 5.74) is 23.1. The first-order valence-electron chi connectivity index (χ1n) is 29.7. The van der Waals surface area contributed by atoms with E-state index in [0.29, 0.717) is 0 Å². The average molecular weight is 1190 g/mol. The molecule has 0 spiro atoms. The summed E-state index contributed by atoms with van der Waals surface area (Å²) in [5, 5.41) is 0. The van der Waals surface area contributed by atoms with Gasteiger partial charge in [-0.25, -0.2) is 0 Å². The molecule has 0 aliphatic heterocycles. The predicted octanol–water partition coefficient (Wildman–Crippen LogP) is 18.4. The van der Waals surface area contributed by atoms with Crippen molar-refractivity contribution in [2.75, 3.05) is 0 Å². The molecule has 0 bridgehead atoms. The Morgan fingerprint density at radius 3 is 1.05 bits per heavy atom. The maximum absolute atomic E-state index is 4.42. The number of rotatable bonds is 7. The van der Waals surface area contributed by atoms with E-state index in [0.717, 1.165) is 73.4 Å². The molecule has 0 radical (unpaired) electrons. The molecule has 12 aromatic heterocycles. The Kier molecular flexibility index (Phi) is 25.6. The number of benzene rings is 2. The molecule has 12 nitrogen and oxygen atoms in total. The largest absolute Gasteiger partial charge is 0.265 e. The molecule has 0 fully saturated rings. The fraction of sp³-hybridized carbons (Fsp3) is 0.0886. The van der Waals surface area contributed by atoms with Crippen molar-refractivity contribution in [3.05, 3.63) is 351 Å². The van der Waals surface area contributed by atoms with Gasteiger partial charge in [0.2, 0.25) is 0 Å². The first-order chi connectivity index (χ1) is 44.5. The molecule has 0 N–H and O–H groups in total. The lowest BCUT2D eigenvalue weighted by atomic mass is 10.1. The Hall–Kier alpha value is -11.8. The Labute approximate surface area is 534 Å². The summed E-state index contributed by atoms with van der Waals surface area (Å²) in [4.78, 5) is 50.3. The summed E-state index contributed by atoms with van der Waals surface area (Å²) >= 11 is 0. The quantitative estimate of drug-likeness (QED) is 0.149. The van der Waals surface area contributed by atoms with E-state index in [1.54, 1.807) is 49.6 Å².